The van der Waals surface area contributed by atoms with E-state index in [1.54, 1.807) is 0 Å². The van der Waals surface area contributed by atoms with Crippen LogP contribution in [-0.2, 0) is 0 Å². The summed E-state index contributed by atoms with van der Waals surface area (Å²) in [5.41, 5.74) is 9.49. The van der Waals surface area contributed by atoms with Gasteiger partial charge in [0.05, 0.1) is 11.0 Å². The summed E-state index contributed by atoms with van der Waals surface area (Å²) in [7, 11) is 0. The van der Waals surface area contributed by atoms with Crippen molar-refractivity contribution in [2.45, 2.75) is 12.8 Å². The highest BCUT2D eigenvalue weighted by Crippen LogP contribution is 2.41. The lowest BCUT2D eigenvalue weighted by atomic mass is 9.33. The van der Waals surface area contributed by atoms with Gasteiger partial charge in [0.1, 0.15) is 23.0 Å². The van der Waals surface area contributed by atoms with Crippen LogP contribution in [0.2, 0.25) is 0 Å². The lowest BCUT2D eigenvalue weighted by molar-refractivity contribution is 0.428. The third kappa shape index (κ3) is 3.08. The summed E-state index contributed by atoms with van der Waals surface area (Å²) in [5, 5.41) is 2.49. The monoisotopic (exact) mass is 513 g/mol. The van der Waals surface area contributed by atoms with Crippen LogP contribution in [-0.4, -0.2) is 11.3 Å². The molecule has 0 atom stereocenters. The number of hydrogen-bond acceptors (Lipinski definition) is 2. The molecule has 0 unspecified atom stereocenters. The van der Waals surface area contributed by atoms with Gasteiger partial charge < -0.3 is 14.0 Å². The van der Waals surface area contributed by atoms with Gasteiger partial charge in [-0.25, -0.2) is 0 Å². The van der Waals surface area contributed by atoms with E-state index in [4.69, 9.17) is 9.47 Å². The molecule has 9 rings (SSSR count). The van der Waals surface area contributed by atoms with Gasteiger partial charge in [-0.15, -0.1) is 0 Å². The molecule has 2 aliphatic heterocycles. The van der Waals surface area contributed by atoms with Gasteiger partial charge in [-0.1, -0.05) is 72.8 Å². The Morgan fingerprint density at radius 2 is 1.40 bits per heavy atom. The van der Waals surface area contributed by atoms with Gasteiger partial charge in [0.25, 0.3) is 6.71 Å². The fourth-order valence-electron chi connectivity index (χ4n) is 6.84. The van der Waals surface area contributed by atoms with E-state index in [0.717, 1.165) is 58.1 Å². The minimum Gasteiger partial charge on any atom is -0.459 e. The highest BCUT2D eigenvalue weighted by Gasteiger charge is 2.41. The van der Waals surface area contributed by atoms with E-state index >= 15 is 0 Å². The summed E-state index contributed by atoms with van der Waals surface area (Å²) in [6.07, 6.45) is 6.42. The second kappa shape index (κ2) is 8.27. The summed E-state index contributed by atoms with van der Waals surface area (Å²) >= 11 is 0. The summed E-state index contributed by atoms with van der Waals surface area (Å²) in [6, 6.07) is 38.9. The van der Waals surface area contributed by atoms with E-state index in [1.807, 2.05) is 0 Å². The van der Waals surface area contributed by atoms with Crippen molar-refractivity contribution in [3.63, 3.8) is 0 Å². The molecular weight excluding hydrogens is 489 g/mol. The van der Waals surface area contributed by atoms with Crippen molar-refractivity contribution >= 4 is 39.4 Å². The van der Waals surface area contributed by atoms with Crippen LogP contribution < -0.4 is 20.4 Å². The molecule has 3 heterocycles. The first-order valence-electron chi connectivity index (χ1n) is 13.9. The maximum atomic E-state index is 6.60. The predicted molar refractivity (Wildman–Crippen MR) is 164 cm³/mol. The van der Waals surface area contributed by atoms with E-state index in [9.17, 15) is 0 Å². The zero-order chi connectivity index (χ0) is 26.2. The Labute approximate surface area is 232 Å². The Bertz CT molecular complexity index is 2070. The van der Waals surface area contributed by atoms with Gasteiger partial charge in [0, 0.05) is 21.9 Å². The Balaban J connectivity index is 1.27. The number of allylic oxidation sites excluding steroid dienone is 3. The van der Waals surface area contributed by atoms with Crippen molar-refractivity contribution in [2.75, 3.05) is 0 Å². The first kappa shape index (κ1) is 21.9. The molecule has 3 aliphatic rings. The van der Waals surface area contributed by atoms with Gasteiger partial charge in [-0.05, 0) is 83.4 Å². The third-order valence-electron chi connectivity index (χ3n) is 8.60. The topological polar surface area (TPSA) is 23.4 Å². The number of nitrogens with zero attached hydrogens (tertiary/aromatic N) is 1. The minimum absolute atomic E-state index is 0.167. The predicted octanol–water partition coefficient (Wildman–Crippen LogP) is 7.70. The lowest BCUT2D eigenvalue weighted by Gasteiger charge is -2.35. The van der Waals surface area contributed by atoms with Crippen molar-refractivity contribution < 1.29 is 9.47 Å². The van der Waals surface area contributed by atoms with E-state index in [2.05, 4.69) is 126 Å². The number of fused-ring (bicyclic) bond motifs is 6. The largest absolute Gasteiger partial charge is 0.459 e. The molecule has 0 fully saturated rings. The van der Waals surface area contributed by atoms with E-state index in [1.165, 1.54) is 32.7 Å². The maximum absolute atomic E-state index is 6.60. The van der Waals surface area contributed by atoms with Crippen molar-refractivity contribution in [3.8, 4) is 34.1 Å². The molecule has 0 saturated heterocycles. The van der Waals surface area contributed by atoms with Crippen molar-refractivity contribution in [3.05, 3.63) is 133 Å². The van der Waals surface area contributed by atoms with E-state index in [-0.39, 0.29) is 6.71 Å². The molecule has 0 amide bonds. The lowest BCUT2D eigenvalue weighted by Crippen LogP contribution is -2.51. The standard InChI is InChI=1S/C36H24BNO2/c1-2-10-25(11-3-1)38-30-15-7-4-12-26(30)27-19-18-23(20-31(27)38)24-21-34-36-35(22-24)40-33-17-9-6-14-29(33)37(36)28-13-5-8-16-32(28)39-34/h1-5,7-13,15-22H,6,14H2. The van der Waals surface area contributed by atoms with Crippen LogP contribution in [0, 0.1) is 0 Å². The number of ether oxygens (including phenoxy) is 2. The Morgan fingerprint density at radius 1 is 0.625 bits per heavy atom. The molecule has 3 nitrogen and oxygen atoms in total. The van der Waals surface area contributed by atoms with Gasteiger partial charge in [0.15, 0.2) is 0 Å². The molecule has 5 aromatic carbocycles. The molecule has 40 heavy (non-hydrogen) atoms. The minimum atomic E-state index is 0.167. The van der Waals surface area contributed by atoms with Gasteiger partial charge in [0.2, 0.25) is 0 Å². The van der Waals surface area contributed by atoms with Gasteiger partial charge in [-0.2, -0.15) is 0 Å². The molecule has 188 valence electrons. The third-order valence-corrected chi connectivity index (χ3v) is 8.60. The summed E-state index contributed by atoms with van der Waals surface area (Å²) < 4.78 is 15.5. The second-order valence-electron chi connectivity index (χ2n) is 10.8. The number of benzene rings is 5. The Hall–Kier alpha value is -4.96. The molecule has 1 aliphatic carbocycles. The summed E-state index contributed by atoms with van der Waals surface area (Å²) in [6.45, 7) is 0.167. The second-order valence-corrected chi connectivity index (χ2v) is 10.8. The van der Waals surface area contributed by atoms with Crippen LogP contribution in [0.5, 0.6) is 17.2 Å². The normalized spacial score (nSPS) is 14.9. The number of hydrogen-bond donors (Lipinski definition) is 0. The fourth-order valence-corrected chi connectivity index (χ4v) is 6.84. The molecule has 0 spiro atoms. The molecule has 0 N–H and O–H groups in total. The van der Waals surface area contributed by atoms with Crippen molar-refractivity contribution in [1.29, 1.82) is 0 Å². The number of rotatable bonds is 2. The fraction of sp³-hybridized carbons (Fsp3) is 0.0556. The van der Waals surface area contributed by atoms with Gasteiger partial charge >= 0.3 is 0 Å². The van der Waals surface area contributed by atoms with Crippen LogP contribution in [0.4, 0.5) is 0 Å². The van der Waals surface area contributed by atoms with E-state index < -0.39 is 0 Å². The Kier molecular flexibility index (Phi) is 4.53. The maximum Gasteiger partial charge on any atom is 0.256 e. The molecule has 0 bridgehead atoms. The van der Waals surface area contributed by atoms with Gasteiger partial charge in [-0.3, -0.25) is 0 Å². The number of aromatic nitrogens is 1. The first-order chi connectivity index (χ1) is 19.8. The molecule has 1 aromatic heterocycles. The Morgan fingerprint density at radius 3 is 2.33 bits per heavy atom. The van der Waals surface area contributed by atoms with Crippen LogP contribution in [0.25, 0.3) is 38.6 Å². The van der Waals surface area contributed by atoms with Crippen LogP contribution >= 0.6 is 0 Å². The molecule has 6 aromatic rings. The summed E-state index contributed by atoms with van der Waals surface area (Å²) in [4.78, 5) is 0. The SMILES string of the molecule is C1=CC2=C(CC1)B1c3ccccc3Oc3cc(-c4ccc5c6ccccc6n(-c6ccccc6)c5c4)cc(c31)O2. The van der Waals surface area contributed by atoms with Crippen LogP contribution in [0.1, 0.15) is 12.8 Å². The quantitative estimate of drug-likeness (QED) is 0.222. The molecule has 0 radical (unpaired) electrons. The average molecular weight is 513 g/mol. The zero-order valence-corrected chi connectivity index (χ0v) is 21.8. The van der Waals surface area contributed by atoms with Crippen LogP contribution in [0.15, 0.2) is 133 Å². The first-order valence-corrected chi connectivity index (χ1v) is 13.9. The number of para-hydroxylation sites is 3. The smallest absolute Gasteiger partial charge is 0.256 e. The summed E-state index contributed by atoms with van der Waals surface area (Å²) in [5.74, 6) is 3.70. The van der Waals surface area contributed by atoms with Crippen LogP contribution in [0.3, 0.4) is 0 Å². The zero-order valence-electron chi connectivity index (χ0n) is 21.8. The van der Waals surface area contributed by atoms with E-state index in [0.29, 0.717) is 0 Å². The molecule has 4 heteroatoms. The van der Waals surface area contributed by atoms with Crippen molar-refractivity contribution in [2.24, 2.45) is 0 Å². The average Bonchev–Trinajstić information content (AvgIpc) is 3.35. The van der Waals surface area contributed by atoms with Crippen molar-refractivity contribution in [1.82, 2.24) is 4.57 Å². The highest BCUT2D eigenvalue weighted by atomic mass is 16.5. The molecule has 0 saturated carbocycles. The molecular formula is C36H24BNO2. The highest BCUT2D eigenvalue weighted by molar-refractivity contribution is 6.93.